The molecule has 13 rings (SSSR count). The minimum absolute atomic E-state index is 0.512. The lowest BCUT2D eigenvalue weighted by molar-refractivity contribution is 0.768. The molecular weight excluding hydrogens is 809 g/mol. The number of nitrogens with zero attached hydrogens (tertiary/aromatic N) is 2. The Morgan fingerprint density at radius 3 is 1.48 bits per heavy atom. The molecular formula is C65H44N2. The first-order valence-electron chi connectivity index (χ1n) is 23.2. The highest BCUT2D eigenvalue weighted by atomic mass is 15.2. The number of anilines is 6. The average molecular weight is 853 g/mol. The van der Waals surface area contributed by atoms with Crippen molar-refractivity contribution in [3.63, 3.8) is 0 Å². The van der Waals surface area contributed by atoms with Crippen LogP contribution < -0.4 is 9.80 Å². The normalized spacial score (nSPS) is 12.9. The summed E-state index contributed by atoms with van der Waals surface area (Å²) >= 11 is 0. The van der Waals surface area contributed by atoms with Crippen LogP contribution in [0.15, 0.2) is 267 Å². The second-order valence-corrected chi connectivity index (χ2v) is 17.6. The van der Waals surface area contributed by atoms with Crippen LogP contribution in [0.25, 0.3) is 55.3 Å². The van der Waals surface area contributed by atoms with Crippen molar-refractivity contribution in [2.45, 2.75) is 5.41 Å². The molecule has 0 bridgehead atoms. The summed E-state index contributed by atoms with van der Waals surface area (Å²) in [5, 5.41) is 2.51. The smallest absolute Gasteiger partial charge is 0.0714 e. The zero-order valence-electron chi connectivity index (χ0n) is 36.8. The van der Waals surface area contributed by atoms with Gasteiger partial charge in [0, 0.05) is 33.7 Å². The van der Waals surface area contributed by atoms with Crippen molar-refractivity contribution in [2.75, 3.05) is 9.80 Å². The van der Waals surface area contributed by atoms with Crippen LogP contribution in [0, 0.1) is 0 Å². The first kappa shape index (κ1) is 38.7. The molecule has 1 heterocycles. The highest BCUT2D eigenvalue weighted by molar-refractivity contribution is 6.17. The molecule has 2 aliphatic rings. The highest BCUT2D eigenvalue weighted by Crippen LogP contribution is 2.58. The SMILES string of the molecule is c1ccc(-c2ccc(N(c3ccc(-c4ccc5c6c(cccc46)N(c4ccccc4)c4ccccc4-5)cc3)c3ccc4c(c3)C(c3ccccc3)(c3ccccc3)c3ccccc3-4)cc2)cc1. The molecule has 0 radical (unpaired) electrons. The molecule has 67 heavy (non-hydrogen) atoms. The Bertz CT molecular complexity index is 3560. The number of fused-ring (bicyclic) bond motifs is 5. The van der Waals surface area contributed by atoms with E-state index >= 15 is 0 Å². The Hall–Kier alpha value is -8.72. The van der Waals surface area contributed by atoms with Gasteiger partial charge >= 0.3 is 0 Å². The molecule has 0 amide bonds. The van der Waals surface area contributed by atoms with E-state index in [9.17, 15) is 0 Å². The molecule has 0 N–H and O–H groups in total. The summed E-state index contributed by atoms with van der Waals surface area (Å²) in [6.45, 7) is 0. The third-order valence-corrected chi connectivity index (χ3v) is 14.1. The second kappa shape index (κ2) is 15.8. The van der Waals surface area contributed by atoms with Gasteiger partial charge in [0.25, 0.3) is 0 Å². The molecule has 0 aromatic heterocycles. The van der Waals surface area contributed by atoms with E-state index in [0.717, 1.165) is 22.7 Å². The molecule has 1 aliphatic carbocycles. The van der Waals surface area contributed by atoms with Crippen molar-refractivity contribution in [3.8, 4) is 44.5 Å². The third kappa shape index (κ3) is 6.11. The van der Waals surface area contributed by atoms with Crippen LogP contribution in [-0.4, -0.2) is 0 Å². The lowest BCUT2D eigenvalue weighted by Crippen LogP contribution is -2.28. The summed E-state index contributed by atoms with van der Waals surface area (Å²) in [6.07, 6.45) is 0. The van der Waals surface area contributed by atoms with Gasteiger partial charge in [-0.3, -0.25) is 0 Å². The van der Waals surface area contributed by atoms with Crippen LogP contribution in [0.2, 0.25) is 0 Å². The molecule has 11 aromatic carbocycles. The maximum atomic E-state index is 2.46. The van der Waals surface area contributed by atoms with E-state index in [1.54, 1.807) is 0 Å². The average Bonchev–Trinajstić information content (AvgIpc) is 3.71. The topological polar surface area (TPSA) is 6.48 Å². The van der Waals surface area contributed by atoms with Gasteiger partial charge < -0.3 is 9.80 Å². The molecule has 0 saturated heterocycles. The highest BCUT2D eigenvalue weighted by Gasteiger charge is 2.46. The van der Waals surface area contributed by atoms with Crippen LogP contribution in [0.1, 0.15) is 22.3 Å². The predicted octanol–water partition coefficient (Wildman–Crippen LogP) is 17.5. The van der Waals surface area contributed by atoms with Crippen molar-refractivity contribution in [2.24, 2.45) is 0 Å². The van der Waals surface area contributed by atoms with Crippen molar-refractivity contribution in [3.05, 3.63) is 289 Å². The molecule has 0 saturated carbocycles. The first-order valence-corrected chi connectivity index (χ1v) is 23.2. The van der Waals surface area contributed by atoms with Crippen molar-refractivity contribution in [1.82, 2.24) is 0 Å². The molecule has 314 valence electrons. The summed E-state index contributed by atoms with van der Waals surface area (Å²) in [4.78, 5) is 4.84. The molecule has 2 nitrogen and oxygen atoms in total. The van der Waals surface area contributed by atoms with Gasteiger partial charge in [-0.2, -0.15) is 0 Å². The number of para-hydroxylation sites is 2. The summed E-state index contributed by atoms with van der Waals surface area (Å²) in [5.74, 6) is 0. The fourth-order valence-electron chi connectivity index (χ4n) is 11.2. The minimum Gasteiger partial charge on any atom is -0.310 e. The van der Waals surface area contributed by atoms with Crippen LogP contribution in [0.4, 0.5) is 34.1 Å². The Balaban J connectivity index is 0.976. The van der Waals surface area contributed by atoms with Gasteiger partial charge in [-0.05, 0) is 127 Å². The molecule has 11 aromatic rings. The zero-order chi connectivity index (χ0) is 44.3. The summed E-state index contributed by atoms with van der Waals surface area (Å²) in [6, 6.07) is 98.0. The zero-order valence-corrected chi connectivity index (χ0v) is 36.8. The van der Waals surface area contributed by atoms with E-state index in [2.05, 4.69) is 277 Å². The van der Waals surface area contributed by atoms with Gasteiger partial charge in [0.1, 0.15) is 0 Å². The summed E-state index contributed by atoms with van der Waals surface area (Å²) < 4.78 is 0. The monoisotopic (exact) mass is 852 g/mol. The van der Waals surface area contributed by atoms with Crippen LogP contribution >= 0.6 is 0 Å². The van der Waals surface area contributed by atoms with Gasteiger partial charge in [0.05, 0.1) is 16.8 Å². The largest absolute Gasteiger partial charge is 0.310 e. The van der Waals surface area contributed by atoms with Crippen LogP contribution in [-0.2, 0) is 5.41 Å². The van der Waals surface area contributed by atoms with Crippen LogP contribution in [0.5, 0.6) is 0 Å². The van der Waals surface area contributed by atoms with E-state index in [0.29, 0.717) is 0 Å². The van der Waals surface area contributed by atoms with E-state index in [1.165, 1.54) is 88.9 Å². The molecule has 0 unspecified atom stereocenters. The van der Waals surface area contributed by atoms with Crippen molar-refractivity contribution in [1.29, 1.82) is 0 Å². The molecule has 2 heteroatoms. The van der Waals surface area contributed by atoms with E-state index in [-0.39, 0.29) is 0 Å². The number of hydrogen-bond donors (Lipinski definition) is 0. The van der Waals surface area contributed by atoms with Gasteiger partial charge in [-0.25, -0.2) is 0 Å². The number of rotatable bonds is 8. The quantitative estimate of drug-likeness (QED) is 0.150. The van der Waals surface area contributed by atoms with Gasteiger partial charge in [-0.1, -0.05) is 206 Å². The molecule has 0 spiro atoms. The number of hydrogen-bond acceptors (Lipinski definition) is 2. The maximum absolute atomic E-state index is 2.46. The predicted molar refractivity (Wildman–Crippen MR) is 280 cm³/mol. The number of benzene rings is 11. The molecule has 0 atom stereocenters. The molecule has 1 aliphatic heterocycles. The fourth-order valence-corrected chi connectivity index (χ4v) is 11.2. The Kier molecular flexibility index (Phi) is 9.11. The van der Waals surface area contributed by atoms with Crippen molar-refractivity contribution >= 4 is 44.9 Å². The third-order valence-electron chi connectivity index (χ3n) is 14.1. The maximum Gasteiger partial charge on any atom is 0.0714 e. The van der Waals surface area contributed by atoms with Crippen molar-refractivity contribution < 1.29 is 0 Å². The first-order chi connectivity index (χ1) is 33.3. The lowest BCUT2D eigenvalue weighted by Gasteiger charge is -2.35. The minimum atomic E-state index is -0.512. The van der Waals surface area contributed by atoms with Gasteiger partial charge in [-0.15, -0.1) is 0 Å². The summed E-state index contributed by atoms with van der Waals surface area (Å²) in [5.41, 5.74) is 21.2. The van der Waals surface area contributed by atoms with E-state index in [1.807, 2.05) is 0 Å². The summed E-state index contributed by atoms with van der Waals surface area (Å²) in [7, 11) is 0. The van der Waals surface area contributed by atoms with E-state index < -0.39 is 5.41 Å². The standard InChI is InChI=1S/C65H44N2/c1-5-18-45(19-6-1)46-32-36-51(37-33-46)66(53-40-41-56-55-26-13-15-29-60(55)65(61(56)44-53,48-20-7-2-8-21-48)49-22-9-3-10-23-49)52-38-34-47(35-39-52)54-42-43-59-57-27-14-16-30-62(57)67(50-24-11-4-12-25-50)63-31-17-28-58(54)64(59)63/h1-44H. The van der Waals surface area contributed by atoms with Crippen LogP contribution in [0.3, 0.4) is 0 Å². The fraction of sp³-hybridized carbons (Fsp3) is 0.0154. The van der Waals surface area contributed by atoms with E-state index in [4.69, 9.17) is 0 Å². The Morgan fingerprint density at radius 1 is 0.299 bits per heavy atom. The van der Waals surface area contributed by atoms with Gasteiger partial charge in [0.15, 0.2) is 0 Å². The molecule has 0 fully saturated rings. The lowest BCUT2D eigenvalue weighted by atomic mass is 9.67. The van der Waals surface area contributed by atoms with Gasteiger partial charge in [0.2, 0.25) is 0 Å². The Morgan fingerprint density at radius 2 is 0.791 bits per heavy atom. The second-order valence-electron chi connectivity index (χ2n) is 17.6. The Labute approximate surface area is 391 Å².